The van der Waals surface area contributed by atoms with Gasteiger partial charge in [-0.3, -0.25) is 14.9 Å². The average molecular weight is 345 g/mol. The zero-order valence-corrected chi connectivity index (χ0v) is 14.2. The van der Waals surface area contributed by atoms with Gasteiger partial charge in [0.15, 0.2) is 5.79 Å². The van der Waals surface area contributed by atoms with Gasteiger partial charge < -0.3 is 29.9 Å². The minimum atomic E-state index is -0.952. The van der Waals surface area contributed by atoms with Gasteiger partial charge in [-0.2, -0.15) is 0 Å². The highest BCUT2D eigenvalue weighted by Gasteiger charge is 2.23. The molecule has 0 aromatic heterocycles. The van der Waals surface area contributed by atoms with Crippen LogP contribution in [0.4, 0.5) is 0 Å². The van der Waals surface area contributed by atoms with E-state index >= 15 is 0 Å². The number of aliphatic hydroxyl groups is 2. The van der Waals surface area contributed by atoms with E-state index in [0.29, 0.717) is 19.7 Å². The van der Waals surface area contributed by atoms with Crippen molar-refractivity contribution in [3.63, 3.8) is 0 Å². The third-order valence-electron chi connectivity index (χ3n) is 3.31. The molecule has 24 heavy (non-hydrogen) atoms. The number of carbonyl (C=O) groups excluding carboxylic acids is 2. The van der Waals surface area contributed by atoms with Gasteiger partial charge in [0.05, 0.1) is 19.9 Å². The van der Waals surface area contributed by atoms with Crippen LogP contribution in [-0.2, 0) is 19.1 Å². The van der Waals surface area contributed by atoms with Gasteiger partial charge in [-0.1, -0.05) is 0 Å². The highest BCUT2D eigenvalue weighted by atomic mass is 16.7. The van der Waals surface area contributed by atoms with Crippen molar-refractivity contribution in [2.24, 2.45) is 0 Å². The summed E-state index contributed by atoms with van der Waals surface area (Å²) in [6.07, 6.45) is 1.82. The molecule has 0 spiro atoms. The second-order valence-electron chi connectivity index (χ2n) is 5.66. The first-order valence-corrected chi connectivity index (χ1v) is 7.89. The SMILES string of the molecule is CC(C)(OCCNCO)OCCNC(=O)CCN1C(=O)C=CC1O. The molecule has 0 bridgehead atoms. The van der Waals surface area contributed by atoms with Crippen molar-refractivity contribution in [2.45, 2.75) is 32.3 Å². The smallest absolute Gasteiger partial charge is 0.248 e. The van der Waals surface area contributed by atoms with Crippen molar-refractivity contribution >= 4 is 11.8 Å². The molecule has 1 unspecified atom stereocenters. The van der Waals surface area contributed by atoms with Crippen LogP contribution in [0.25, 0.3) is 0 Å². The van der Waals surface area contributed by atoms with Crippen LogP contribution in [0.5, 0.6) is 0 Å². The molecule has 9 heteroatoms. The van der Waals surface area contributed by atoms with Crippen LogP contribution in [0.3, 0.4) is 0 Å². The summed E-state index contributed by atoms with van der Waals surface area (Å²) in [5.41, 5.74) is 0. The Morgan fingerprint density at radius 3 is 2.58 bits per heavy atom. The molecular formula is C15H27N3O6. The Labute approximate surface area is 141 Å². The van der Waals surface area contributed by atoms with E-state index in [1.54, 1.807) is 13.8 Å². The second kappa shape index (κ2) is 10.4. The van der Waals surface area contributed by atoms with E-state index in [1.807, 2.05) is 0 Å². The topological polar surface area (TPSA) is 120 Å². The fraction of sp³-hybridized carbons (Fsp3) is 0.733. The molecular weight excluding hydrogens is 318 g/mol. The number of hydrogen-bond donors (Lipinski definition) is 4. The van der Waals surface area contributed by atoms with E-state index in [4.69, 9.17) is 14.6 Å². The number of hydrogen-bond acceptors (Lipinski definition) is 7. The van der Waals surface area contributed by atoms with Gasteiger partial charge in [0.25, 0.3) is 0 Å². The Hall–Kier alpha value is -1.52. The molecule has 1 aliphatic heterocycles. The maximum atomic E-state index is 11.7. The zero-order chi connectivity index (χ0) is 18.0. The summed E-state index contributed by atoms with van der Waals surface area (Å²) < 4.78 is 11.0. The molecule has 9 nitrogen and oxygen atoms in total. The summed E-state index contributed by atoms with van der Waals surface area (Å²) in [7, 11) is 0. The predicted molar refractivity (Wildman–Crippen MR) is 85.6 cm³/mol. The van der Waals surface area contributed by atoms with Crippen LogP contribution in [-0.4, -0.2) is 78.5 Å². The number of carbonyl (C=O) groups is 2. The molecule has 0 aliphatic carbocycles. The van der Waals surface area contributed by atoms with Gasteiger partial charge >= 0.3 is 0 Å². The van der Waals surface area contributed by atoms with Gasteiger partial charge in [0.2, 0.25) is 11.8 Å². The maximum Gasteiger partial charge on any atom is 0.248 e. The summed E-state index contributed by atoms with van der Waals surface area (Å²) in [4.78, 5) is 24.3. The highest BCUT2D eigenvalue weighted by molar-refractivity contribution is 5.90. The summed E-state index contributed by atoms with van der Waals surface area (Å²) in [6.45, 7) is 5.07. The molecule has 1 atom stereocenters. The first-order valence-electron chi connectivity index (χ1n) is 7.89. The van der Waals surface area contributed by atoms with Crippen LogP contribution >= 0.6 is 0 Å². The van der Waals surface area contributed by atoms with E-state index in [2.05, 4.69) is 10.6 Å². The number of rotatable bonds is 12. The van der Waals surface area contributed by atoms with Crippen LogP contribution in [0.2, 0.25) is 0 Å². The molecule has 0 saturated carbocycles. The van der Waals surface area contributed by atoms with Gasteiger partial charge in [0, 0.05) is 32.1 Å². The van der Waals surface area contributed by atoms with Crippen LogP contribution in [0.1, 0.15) is 20.3 Å². The van der Waals surface area contributed by atoms with Crippen molar-refractivity contribution in [3.05, 3.63) is 12.2 Å². The van der Waals surface area contributed by atoms with Crippen LogP contribution in [0.15, 0.2) is 12.2 Å². The number of ether oxygens (including phenoxy) is 2. The van der Waals surface area contributed by atoms with Crippen molar-refractivity contribution < 1.29 is 29.3 Å². The van der Waals surface area contributed by atoms with E-state index in [9.17, 15) is 14.7 Å². The standard InChI is InChI=1S/C15H27N3O6/c1-15(2,23-9-6-16-11-19)24-10-7-17-12(20)5-8-18-13(21)3-4-14(18)22/h3-4,13,16,19,21H,5-11H2,1-2H3,(H,17,20). The lowest BCUT2D eigenvalue weighted by molar-refractivity contribution is -0.211. The summed E-state index contributed by atoms with van der Waals surface area (Å²) >= 11 is 0. The fourth-order valence-corrected chi connectivity index (χ4v) is 2.03. The van der Waals surface area contributed by atoms with E-state index in [-0.39, 0.29) is 38.1 Å². The molecule has 0 aromatic carbocycles. The molecule has 1 heterocycles. The number of nitrogens with one attached hydrogen (secondary N) is 2. The lowest BCUT2D eigenvalue weighted by Gasteiger charge is -2.26. The first-order chi connectivity index (χ1) is 11.4. The van der Waals surface area contributed by atoms with Crippen LogP contribution < -0.4 is 10.6 Å². The quantitative estimate of drug-likeness (QED) is 0.251. The van der Waals surface area contributed by atoms with Gasteiger partial charge in [-0.15, -0.1) is 0 Å². The Morgan fingerprint density at radius 2 is 2.00 bits per heavy atom. The lowest BCUT2D eigenvalue weighted by Crippen LogP contribution is -2.38. The Bertz CT molecular complexity index is 441. The predicted octanol–water partition coefficient (Wildman–Crippen LogP) is -1.48. The van der Waals surface area contributed by atoms with Crippen LogP contribution in [0, 0.1) is 0 Å². The van der Waals surface area contributed by atoms with E-state index < -0.39 is 12.0 Å². The van der Waals surface area contributed by atoms with E-state index in [1.165, 1.54) is 17.1 Å². The van der Waals surface area contributed by atoms with Crippen molar-refractivity contribution in [1.82, 2.24) is 15.5 Å². The Morgan fingerprint density at radius 1 is 1.33 bits per heavy atom. The Kier molecular flexibility index (Phi) is 8.87. The highest BCUT2D eigenvalue weighted by Crippen LogP contribution is 2.10. The average Bonchev–Trinajstić information content (AvgIpc) is 2.85. The monoisotopic (exact) mass is 345 g/mol. The summed E-state index contributed by atoms with van der Waals surface area (Å²) in [5.74, 6) is -1.32. The third-order valence-corrected chi connectivity index (χ3v) is 3.31. The van der Waals surface area contributed by atoms with Crippen molar-refractivity contribution in [1.29, 1.82) is 0 Å². The molecule has 4 N–H and O–H groups in total. The minimum absolute atomic E-state index is 0.104. The molecule has 1 rings (SSSR count). The summed E-state index contributed by atoms with van der Waals surface area (Å²) in [5, 5.41) is 23.5. The first kappa shape index (κ1) is 20.5. The number of aliphatic hydroxyl groups excluding tert-OH is 2. The van der Waals surface area contributed by atoms with Gasteiger partial charge in [0.1, 0.15) is 6.23 Å². The molecule has 0 fully saturated rings. The van der Waals surface area contributed by atoms with Crippen molar-refractivity contribution in [2.75, 3.05) is 39.6 Å². The number of amides is 2. The summed E-state index contributed by atoms with van der Waals surface area (Å²) in [6, 6.07) is 0. The van der Waals surface area contributed by atoms with Crippen molar-refractivity contribution in [3.8, 4) is 0 Å². The number of nitrogens with zero attached hydrogens (tertiary/aromatic N) is 1. The molecule has 0 saturated heterocycles. The molecule has 0 radical (unpaired) electrons. The minimum Gasteiger partial charge on any atom is -0.381 e. The normalized spacial score (nSPS) is 17.6. The molecule has 2 amide bonds. The zero-order valence-electron chi connectivity index (χ0n) is 14.2. The third kappa shape index (κ3) is 7.84. The lowest BCUT2D eigenvalue weighted by atomic mass is 10.3. The molecule has 1 aliphatic rings. The molecule has 0 aromatic rings. The second-order valence-corrected chi connectivity index (χ2v) is 5.66. The van der Waals surface area contributed by atoms with Gasteiger partial charge in [-0.25, -0.2) is 0 Å². The Balaban J connectivity index is 2.09. The van der Waals surface area contributed by atoms with E-state index in [0.717, 1.165) is 0 Å². The molecule has 138 valence electrons. The fourth-order valence-electron chi connectivity index (χ4n) is 2.03. The van der Waals surface area contributed by atoms with Gasteiger partial charge in [-0.05, 0) is 19.9 Å². The maximum absolute atomic E-state index is 11.7. The largest absolute Gasteiger partial charge is 0.381 e.